The molecule has 0 spiro atoms. The maximum absolute atomic E-state index is 12.4. The monoisotopic (exact) mass is 372 g/mol. The van der Waals surface area contributed by atoms with E-state index >= 15 is 0 Å². The van der Waals surface area contributed by atoms with Crippen LogP contribution in [0.4, 0.5) is 18.9 Å². The van der Waals surface area contributed by atoms with E-state index in [4.69, 9.17) is 0 Å². The Bertz CT molecular complexity index is 452. The molecule has 0 bridgehead atoms. The lowest BCUT2D eigenvalue weighted by Gasteiger charge is -2.36. The summed E-state index contributed by atoms with van der Waals surface area (Å²) >= 11 is 1.79. The van der Waals surface area contributed by atoms with Gasteiger partial charge in [-0.15, -0.1) is 12.4 Å². The number of halogens is 4. The summed E-state index contributed by atoms with van der Waals surface area (Å²) in [5.74, 6) is 1.12. The molecule has 22 heavy (non-hydrogen) atoms. The molecule has 0 N–H and O–H groups in total. The normalized spacial score (nSPS) is 16.5. The quantitative estimate of drug-likeness (QED) is 0.714. The van der Waals surface area contributed by atoms with Crippen LogP contribution in [0, 0.1) is 0 Å². The Morgan fingerprint density at radius 3 is 2.41 bits per heavy atom. The minimum Gasteiger partial charge on any atom is -0.369 e. The van der Waals surface area contributed by atoms with Gasteiger partial charge in [0, 0.05) is 49.1 Å². The van der Waals surface area contributed by atoms with Crippen molar-refractivity contribution in [1.82, 2.24) is 4.90 Å². The molecule has 1 aliphatic rings. The van der Waals surface area contributed by atoms with Crippen molar-refractivity contribution in [3.05, 3.63) is 24.3 Å². The van der Waals surface area contributed by atoms with Gasteiger partial charge in [0.25, 0.3) is 0 Å². The van der Waals surface area contributed by atoms with E-state index in [9.17, 15) is 13.2 Å². The van der Waals surface area contributed by atoms with Gasteiger partial charge in [-0.25, -0.2) is 0 Å². The molecule has 2 nitrogen and oxygen atoms in total. The first-order valence-electron chi connectivity index (χ1n) is 6.80. The fraction of sp³-hybridized carbons (Fsp3) is 0.571. The van der Waals surface area contributed by atoms with Crippen molar-refractivity contribution in [1.29, 1.82) is 0 Å². The van der Waals surface area contributed by atoms with Crippen molar-refractivity contribution in [3.8, 4) is 0 Å². The SMILES string of the molecule is CSCCN1CCN(c2cccc(SC(F)(F)F)c2)CC1.Cl. The highest BCUT2D eigenvalue weighted by molar-refractivity contribution is 8.00. The second kappa shape index (κ2) is 9.15. The van der Waals surface area contributed by atoms with Crippen LogP contribution in [0.15, 0.2) is 29.2 Å². The third kappa shape index (κ3) is 6.48. The van der Waals surface area contributed by atoms with Crippen molar-refractivity contribution in [2.24, 2.45) is 0 Å². The van der Waals surface area contributed by atoms with E-state index in [0.717, 1.165) is 44.2 Å². The van der Waals surface area contributed by atoms with E-state index < -0.39 is 5.51 Å². The Balaban J connectivity index is 0.00000242. The summed E-state index contributed by atoms with van der Waals surface area (Å²) in [4.78, 5) is 4.82. The molecule has 1 aliphatic heterocycles. The summed E-state index contributed by atoms with van der Waals surface area (Å²) in [7, 11) is 0. The molecule has 1 saturated heterocycles. The first-order valence-corrected chi connectivity index (χ1v) is 9.01. The number of hydrogen-bond acceptors (Lipinski definition) is 4. The first-order chi connectivity index (χ1) is 9.98. The molecule has 126 valence electrons. The number of piperazine rings is 1. The highest BCUT2D eigenvalue weighted by Crippen LogP contribution is 2.38. The standard InChI is InChI=1S/C14H19F3N2S2.ClH/c1-20-10-9-18-5-7-19(8-6-18)12-3-2-4-13(11-12)21-14(15,16)17;/h2-4,11H,5-10H2,1H3;1H. The van der Waals surface area contributed by atoms with Crippen LogP contribution in [0.5, 0.6) is 0 Å². The first kappa shape index (κ1) is 19.8. The smallest absolute Gasteiger partial charge is 0.369 e. The molecule has 0 unspecified atom stereocenters. The fourth-order valence-corrected chi connectivity index (χ4v) is 3.36. The topological polar surface area (TPSA) is 6.48 Å². The van der Waals surface area contributed by atoms with Crippen LogP contribution in [0.3, 0.4) is 0 Å². The molecule has 0 aromatic heterocycles. The number of alkyl halides is 3. The van der Waals surface area contributed by atoms with Crippen molar-refractivity contribution < 1.29 is 13.2 Å². The van der Waals surface area contributed by atoms with Gasteiger partial charge in [0.15, 0.2) is 0 Å². The molecule has 1 aromatic rings. The van der Waals surface area contributed by atoms with E-state index in [2.05, 4.69) is 16.1 Å². The fourth-order valence-electron chi connectivity index (χ4n) is 2.33. The highest BCUT2D eigenvalue weighted by atomic mass is 35.5. The highest BCUT2D eigenvalue weighted by Gasteiger charge is 2.29. The number of benzene rings is 1. The molecule has 0 saturated carbocycles. The minimum absolute atomic E-state index is 0. The maximum Gasteiger partial charge on any atom is 0.446 e. The van der Waals surface area contributed by atoms with Gasteiger partial charge in [-0.05, 0) is 36.2 Å². The van der Waals surface area contributed by atoms with E-state index in [-0.39, 0.29) is 29.1 Å². The van der Waals surface area contributed by atoms with Crippen LogP contribution in [-0.4, -0.2) is 55.1 Å². The second-order valence-electron chi connectivity index (χ2n) is 4.87. The molecule has 0 radical (unpaired) electrons. The third-order valence-corrected chi connectivity index (χ3v) is 4.71. The second-order valence-corrected chi connectivity index (χ2v) is 6.99. The van der Waals surface area contributed by atoms with Crippen molar-refractivity contribution in [2.75, 3.05) is 49.6 Å². The van der Waals surface area contributed by atoms with Gasteiger partial charge < -0.3 is 4.90 Å². The number of hydrogen-bond donors (Lipinski definition) is 0. The Labute approximate surface area is 144 Å². The van der Waals surface area contributed by atoms with Crippen molar-refractivity contribution >= 4 is 41.6 Å². The lowest BCUT2D eigenvalue weighted by Crippen LogP contribution is -2.47. The Hall–Kier alpha value is -0.240. The molecule has 1 fully saturated rings. The van der Waals surface area contributed by atoms with Crippen LogP contribution >= 0.6 is 35.9 Å². The van der Waals surface area contributed by atoms with Gasteiger partial charge in [-0.1, -0.05) is 6.07 Å². The van der Waals surface area contributed by atoms with Gasteiger partial charge in [0.05, 0.1) is 0 Å². The predicted molar refractivity (Wildman–Crippen MR) is 92.6 cm³/mol. The molecule has 2 rings (SSSR count). The van der Waals surface area contributed by atoms with Crippen molar-refractivity contribution in [2.45, 2.75) is 10.4 Å². The zero-order valence-electron chi connectivity index (χ0n) is 12.3. The number of thioether (sulfide) groups is 2. The van der Waals surface area contributed by atoms with Crippen LogP contribution in [-0.2, 0) is 0 Å². The van der Waals surface area contributed by atoms with Gasteiger partial charge >= 0.3 is 5.51 Å². The number of anilines is 1. The summed E-state index contributed by atoms with van der Waals surface area (Å²) in [5.41, 5.74) is -3.34. The lowest BCUT2D eigenvalue weighted by molar-refractivity contribution is -0.0328. The lowest BCUT2D eigenvalue weighted by atomic mass is 10.2. The third-order valence-electron chi connectivity index (χ3n) is 3.40. The molecule has 1 heterocycles. The zero-order valence-corrected chi connectivity index (χ0v) is 14.8. The number of rotatable bonds is 5. The predicted octanol–water partition coefficient (Wildman–Crippen LogP) is 4.21. The van der Waals surface area contributed by atoms with Gasteiger partial charge in [-0.2, -0.15) is 24.9 Å². The van der Waals surface area contributed by atoms with Gasteiger partial charge in [0.2, 0.25) is 0 Å². The molecular weight excluding hydrogens is 353 g/mol. The summed E-state index contributed by atoms with van der Waals surface area (Å²) < 4.78 is 37.3. The van der Waals surface area contributed by atoms with Crippen LogP contribution in [0.25, 0.3) is 0 Å². The average Bonchev–Trinajstić information content (AvgIpc) is 2.44. The van der Waals surface area contributed by atoms with Gasteiger partial charge in [0.1, 0.15) is 0 Å². The van der Waals surface area contributed by atoms with E-state index in [1.165, 1.54) is 6.07 Å². The molecule has 0 amide bonds. The zero-order chi connectivity index (χ0) is 15.3. The Morgan fingerprint density at radius 2 is 1.82 bits per heavy atom. The molecular formula is C14H20ClF3N2S2. The minimum atomic E-state index is -4.23. The Kier molecular flexibility index (Phi) is 8.24. The van der Waals surface area contributed by atoms with Gasteiger partial charge in [-0.3, -0.25) is 4.90 Å². The number of nitrogens with zero attached hydrogens (tertiary/aromatic N) is 2. The van der Waals surface area contributed by atoms with E-state index in [1.54, 1.807) is 12.1 Å². The largest absolute Gasteiger partial charge is 0.446 e. The summed E-state index contributed by atoms with van der Waals surface area (Å²) in [6.45, 7) is 4.76. The Morgan fingerprint density at radius 1 is 1.14 bits per heavy atom. The average molecular weight is 373 g/mol. The van der Waals surface area contributed by atoms with Crippen molar-refractivity contribution in [3.63, 3.8) is 0 Å². The van der Waals surface area contributed by atoms with E-state index in [0.29, 0.717) is 0 Å². The van der Waals surface area contributed by atoms with Crippen LogP contribution < -0.4 is 4.90 Å². The molecule has 0 atom stereocenters. The molecule has 8 heteroatoms. The molecule has 0 aliphatic carbocycles. The summed E-state index contributed by atoms with van der Waals surface area (Å²) in [6.07, 6.45) is 2.10. The van der Waals surface area contributed by atoms with Crippen LogP contribution in [0.1, 0.15) is 0 Å². The maximum atomic E-state index is 12.4. The van der Waals surface area contributed by atoms with E-state index in [1.807, 2.05) is 17.8 Å². The van der Waals surface area contributed by atoms with Crippen LogP contribution in [0.2, 0.25) is 0 Å². The molecule has 1 aromatic carbocycles. The summed E-state index contributed by atoms with van der Waals surface area (Å²) in [6, 6.07) is 6.73. The summed E-state index contributed by atoms with van der Waals surface area (Å²) in [5, 5.41) is 0.